The van der Waals surface area contributed by atoms with Crippen molar-refractivity contribution in [2.45, 2.75) is 164 Å². The van der Waals surface area contributed by atoms with Crippen LogP contribution >= 0.6 is 0 Å². The fourth-order valence-electron chi connectivity index (χ4n) is 11.1. The summed E-state index contributed by atoms with van der Waals surface area (Å²) in [6, 6.07) is 26.3. The molecule has 15 nitrogen and oxygen atoms in total. The Kier molecular flexibility index (Phi) is 28.2. The average Bonchev–Trinajstić information content (AvgIpc) is 3.48. The summed E-state index contributed by atoms with van der Waals surface area (Å²) in [6.45, 7) is 1.93. The standard InChI is InChI=1S/C30H45N3O3.C21H26N2O3S.C9H11NO3.2Pr/c1-31(23-13-7-4-8-14-23)28(34)22-19-20-26(29(35)32(2)24-15-9-5-10-16-24)27(21-22)30(36)33(3)25-17-11-6-12-18-25;1-16-11-13-20(14-12-16)27(25,26)22-18-9-6-10-19(15-18)23(2)21(24)17-7-4-3-5-8-17;1-12-7-4-3-6(9(10)11)5-8(7)13-2;;/h19-21,23-25H,4-18H2,1-3H3;3-5,7-8,11-14,18-19,22H,6,9-10,15H2,1-2H3;3-5H,1-2H3,(H2,10,11);;/p-1. The van der Waals surface area contributed by atoms with Crippen molar-refractivity contribution in [1.82, 2.24) is 24.3 Å². The van der Waals surface area contributed by atoms with Gasteiger partial charge in [-0.1, -0.05) is 93.7 Å². The zero-order valence-corrected chi connectivity index (χ0v) is 55.2. The molecule has 0 saturated heterocycles. The number of carbonyl (C=O) groups excluding carboxylic acids is 5. The molecule has 78 heavy (non-hydrogen) atoms. The number of aryl methyl sites for hydroxylation is 1. The van der Waals surface area contributed by atoms with Crippen molar-refractivity contribution in [2.75, 3.05) is 42.4 Å². The van der Waals surface area contributed by atoms with E-state index in [1.54, 1.807) is 72.6 Å². The second-order valence-electron chi connectivity index (χ2n) is 21.0. The molecule has 4 aliphatic carbocycles. The van der Waals surface area contributed by atoms with E-state index in [1.165, 1.54) is 45.6 Å². The summed E-state index contributed by atoms with van der Waals surface area (Å²) in [5.74, 6) is -0.0632. The SMILES string of the molecule is CN(C(=O)c1ccc(C(=O)N(C)C2CCCCC2)c(C(=O)N(C)C2CCCCC2)c1)C1CCCCC1.COc1ccc(C([NH-])=O)cc1OC.Cc1ccc(S(=O)(=O)NC2CCCC(N(C)C(=O)c3ccccc3)C2)cc1.[Pr].[Pr]. The summed E-state index contributed by atoms with van der Waals surface area (Å²) >= 11 is 0. The molecule has 0 aliphatic heterocycles. The van der Waals surface area contributed by atoms with E-state index in [4.69, 9.17) is 15.2 Å². The molecular weight excluding hydrogens is 1260 g/mol. The van der Waals surface area contributed by atoms with Crippen molar-refractivity contribution in [1.29, 1.82) is 0 Å². The molecule has 0 bridgehead atoms. The van der Waals surface area contributed by atoms with E-state index in [9.17, 15) is 32.4 Å². The Morgan fingerprint density at radius 3 is 1.44 bits per heavy atom. The third-order valence-electron chi connectivity index (χ3n) is 15.9. The number of nitrogens with zero attached hydrogens (tertiary/aromatic N) is 4. The minimum absolute atomic E-state index is 0. The maximum atomic E-state index is 13.8. The topological polar surface area (TPSA) is 187 Å². The first kappa shape index (κ1) is 67.0. The largest absolute Gasteiger partial charge is 0.664 e. The summed E-state index contributed by atoms with van der Waals surface area (Å²) in [4.78, 5) is 71.9. The van der Waals surface area contributed by atoms with Crippen LogP contribution in [0.4, 0.5) is 0 Å². The number of carbonyl (C=O) groups is 5. The van der Waals surface area contributed by atoms with Gasteiger partial charge in [-0.15, -0.1) is 0 Å². The Balaban J connectivity index is 0.000000275. The maximum absolute atomic E-state index is 13.8. The van der Waals surface area contributed by atoms with E-state index >= 15 is 0 Å². The van der Waals surface area contributed by atoms with Crippen LogP contribution in [-0.4, -0.2) is 130 Å². The normalized spacial score (nSPS) is 17.8. The molecule has 0 spiro atoms. The van der Waals surface area contributed by atoms with E-state index < -0.39 is 15.9 Å². The van der Waals surface area contributed by atoms with Gasteiger partial charge in [-0.2, -0.15) is 0 Å². The fourth-order valence-corrected chi connectivity index (χ4v) is 12.4. The molecule has 18 heteroatoms. The monoisotopic (exact) mass is 1340 g/mol. The van der Waals surface area contributed by atoms with Gasteiger partial charge in [-0.25, -0.2) is 13.1 Å². The van der Waals surface area contributed by atoms with Crippen molar-refractivity contribution in [2.24, 2.45) is 0 Å². The fraction of sp³-hybridized carbons (Fsp3) is 0.517. The number of benzene rings is 4. The van der Waals surface area contributed by atoms with Crippen molar-refractivity contribution in [3.05, 3.63) is 130 Å². The number of sulfonamides is 1. The molecule has 2 N–H and O–H groups in total. The van der Waals surface area contributed by atoms with E-state index in [2.05, 4.69) is 4.72 Å². The molecule has 4 saturated carbocycles. The Morgan fingerprint density at radius 2 is 0.936 bits per heavy atom. The smallest absolute Gasteiger partial charge is 0.254 e. The molecular formula is C60H81N6O9Pr2S-. The molecule has 5 amide bonds. The molecule has 4 fully saturated rings. The minimum atomic E-state index is -3.55. The van der Waals surface area contributed by atoms with Gasteiger partial charge >= 0.3 is 0 Å². The maximum Gasteiger partial charge on any atom is 0.254 e. The van der Waals surface area contributed by atoms with Crippen LogP contribution in [0.3, 0.4) is 0 Å². The van der Waals surface area contributed by atoms with Crippen LogP contribution < -0.4 is 14.2 Å². The molecule has 418 valence electrons. The third-order valence-corrected chi connectivity index (χ3v) is 17.4. The van der Waals surface area contributed by atoms with Gasteiger partial charge in [0.05, 0.1) is 36.1 Å². The van der Waals surface area contributed by atoms with Crippen molar-refractivity contribution in [3.63, 3.8) is 0 Å². The number of hydrogen-bond acceptors (Lipinski definition) is 9. The molecule has 2 radical (unpaired) electrons. The summed E-state index contributed by atoms with van der Waals surface area (Å²) in [7, 11) is 6.86. The molecule has 8 rings (SSSR count). The number of methoxy groups -OCH3 is 2. The zero-order chi connectivity index (χ0) is 54.9. The van der Waals surface area contributed by atoms with E-state index in [1.807, 2.05) is 61.0 Å². The first-order valence-corrected chi connectivity index (χ1v) is 28.8. The Morgan fingerprint density at radius 1 is 0.487 bits per heavy atom. The number of amides is 5. The quantitative estimate of drug-likeness (QED) is 0.128. The van der Waals surface area contributed by atoms with Gasteiger partial charge in [0.15, 0.2) is 11.5 Å². The van der Waals surface area contributed by atoms with Crippen LogP contribution in [-0.2, 0) is 10.0 Å². The average molecular weight is 1340 g/mol. The van der Waals surface area contributed by atoms with E-state index in [0.717, 1.165) is 102 Å². The van der Waals surface area contributed by atoms with Gasteiger partial charge in [-0.3, -0.25) is 19.2 Å². The summed E-state index contributed by atoms with van der Waals surface area (Å²) in [5.41, 5.74) is 10.1. The van der Waals surface area contributed by atoms with Crippen molar-refractivity contribution >= 4 is 39.6 Å². The summed E-state index contributed by atoms with van der Waals surface area (Å²) in [6.07, 6.45) is 19.8. The zero-order valence-electron chi connectivity index (χ0n) is 47.0. The van der Waals surface area contributed by atoms with Gasteiger partial charge in [0.25, 0.3) is 23.6 Å². The molecule has 4 aromatic carbocycles. The van der Waals surface area contributed by atoms with Crippen LogP contribution in [0.25, 0.3) is 5.73 Å². The van der Waals surface area contributed by atoms with Crippen LogP contribution in [0.5, 0.6) is 11.5 Å². The van der Waals surface area contributed by atoms with Gasteiger partial charge in [0.1, 0.15) is 0 Å². The molecule has 2 atom stereocenters. The number of rotatable bonds is 14. The minimum Gasteiger partial charge on any atom is -0.664 e. The van der Waals surface area contributed by atoms with Crippen LogP contribution in [0.1, 0.15) is 179 Å². The van der Waals surface area contributed by atoms with Gasteiger partial charge in [0.2, 0.25) is 10.0 Å². The third kappa shape index (κ3) is 18.5. The second-order valence-corrected chi connectivity index (χ2v) is 22.7. The van der Waals surface area contributed by atoms with Crippen LogP contribution in [0.2, 0.25) is 0 Å². The predicted molar refractivity (Wildman–Crippen MR) is 298 cm³/mol. The molecule has 4 aromatic rings. The molecule has 0 heterocycles. The molecule has 2 unspecified atom stereocenters. The van der Waals surface area contributed by atoms with Crippen LogP contribution in [0.15, 0.2) is 95.9 Å². The molecule has 4 aliphatic rings. The van der Waals surface area contributed by atoms with Crippen LogP contribution in [0, 0.1) is 89.5 Å². The first-order chi connectivity index (χ1) is 36.4. The Bertz CT molecular complexity index is 2700. The van der Waals surface area contributed by atoms with Gasteiger partial charge in [0, 0.05) is 158 Å². The summed E-state index contributed by atoms with van der Waals surface area (Å²) < 4.78 is 38.1. The van der Waals surface area contributed by atoms with Gasteiger partial charge in [-0.05, 0) is 132 Å². The van der Waals surface area contributed by atoms with Crippen molar-refractivity contribution in [3.8, 4) is 11.5 Å². The summed E-state index contributed by atoms with van der Waals surface area (Å²) in [5, 5.41) is 0. The number of nitrogens with one attached hydrogen (secondary N) is 2. The Hall–Kier alpha value is -3.53. The number of ether oxygens (including phenoxy) is 2. The Labute approximate surface area is 530 Å². The number of hydrogen-bond donors (Lipinski definition) is 1. The van der Waals surface area contributed by atoms with Gasteiger partial charge < -0.3 is 39.6 Å². The first-order valence-electron chi connectivity index (χ1n) is 27.3. The predicted octanol–water partition coefficient (Wildman–Crippen LogP) is 11.2. The van der Waals surface area contributed by atoms with Crippen molar-refractivity contribution < 1.29 is 124 Å². The molecule has 0 aromatic heterocycles. The van der Waals surface area contributed by atoms with E-state index in [-0.39, 0.29) is 147 Å². The second kappa shape index (κ2) is 32.8. The van der Waals surface area contributed by atoms with E-state index in [0.29, 0.717) is 40.2 Å².